The van der Waals surface area contributed by atoms with E-state index in [1.54, 1.807) is 0 Å². The summed E-state index contributed by atoms with van der Waals surface area (Å²) in [5.41, 5.74) is 5.74. The normalized spacial score (nSPS) is 14.8. The van der Waals surface area contributed by atoms with Crippen molar-refractivity contribution in [3.8, 4) is 0 Å². The Bertz CT molecular complexity index is 657. The van der Waals surface area contributed by atoms with Crippen LogP contribution in [0.4, 0.5) is 0 Å². The average Bonchev–Trinajstić information content (AvgIpc) is 2.83. The van der Waals surface area contributed by atoms with E-state index in [2.05, 4.69) is 84.0 Å². The number of allylic oxidation sites excluding steroid dienone is 4. The summed E-state index contributed by atoms with van der Waals surface area (Å²) in [5.74, 6) is 0. The van der Waals surface area contributed by atoms with Gasteiger partial charge in [-0.2, -0.15) is 17.2 Å². The van der Waals surface area contributed by atoms with Crippen molar-refractivity contribution in [3.63, 3.8) is 0 Å². The molecular weight excluding hydrogens is 369 g/mol. The fraction of sp³-hybridized carbons (Fsp3) is 0.350. The van der Waals surface area contributed by atoms with Crippen molar-refractivity contribution in [2.24, 2.45) is 5.41 Å². The standard InChI is InChI=1S/C10H9.C10H15.2FH.Zr/c1-8-6-9-4-2-3-5-10(9)7-8;1-7-6-10(4,5)9(3)8(7)2;;;/h2-7H,1H3;1-5H3;2*1H;/q2*-1;;;+4/p-2. The number of benzene rings is 1. The Labute approximate surface area is 157 Å². The van der Waals surface area contributed by atoms with Crippen LogP contribution in [0.25, 0.3) is 10.8 Å². The number of fused-ring (bicyclic) bond motifs is 1. The van der Waals surface area contributed by atoms with Gasteiger partial charge in [0.15, 0.2) is 0 Å². The molecule has 0 aromatic heterocycles. The third-order valence-electron chi connectivity index (χ3n) is 4.32. The van der Waals surface area contributed by atoms with Gasteiger partial charge >= 0.3 is 26.2 Å². The molecule has 0 saturated carbocycles. The van der Waals surface area contributed by atoms with E-state index in [-0.39, 0.29) is 41.0 Å². The molecule has 0 atom stereocenters. The molecule has 0 bridgehead atoms. The number of aryl methyl sites for hydroxylation is 1. The van der Waals surface area contributed by atoms with Crippen LogP contribution < -0.4 is 9.41 Å². The van der Waals surface area contributed by atoms with Gasteiger partial charge in [-0.1, -0.05) is 46.1 Å². The van der Waals surface area contributed by atoms with E-state index >= 15 is 0 Å². The molecule has 3 rings (SSSR count). The fourth-order valence-electron chi connectivity index (χ4n) is 2.71. The molecule has 1 aliphatic rings. The SMILES string of the molecule is CC1=[C-]C(C)(C)C(C)=C1C.Cc1cc2ccccc2[cH-]1.[F-].[F-].[Zr+4]. The molecule has 0 spiro atoms. The van der Waals surface area contributed by atoms with Crippen LogP contribution in [0, 0.1) is 18.4 Å². The minimum Gasteiger partial charge on any atom is -1.00 e. The number of halogens is 2. The van der Waals surface area contributed by atoms with Gasteiger partial charge in [0.1, 0.15) is 0 Å². The van der Waals surface area contributed by atoms with Gasteiger partial charge in [-0.3, -0.25) is 6.08 Å². The van der Waals surface area contributed by atoms with Crippen molar-refractivity contribution >= 4 is 10.8 Å². The van der Waals surface area contributed by atoms with Gasteiger partial charge in [0.25, 0.3) is 0 Å². The van der Waals surface area contributed by atoms with Gasteiger partial charge in [-0.25, -0.2) is 5.57 Å². The van der Waals surface area contributed by atoms with E-state index in [1.165, 1.54) is 33.1 Å². The summed E-state index contributed by atoms with van der Waals surface area (Å²) in [6.45, 7) is 13.0. The maximum absolute atomic E-state index is 3.44. The first kappa shape index (κ1) is 24.3. The number of rotatable bonds is 0. The largest absolute Gasteiger partial charge is 4.00 e. The van der Waals surface area contributed by atoms with Crippen molar-refractivity contribution in [2.45, 2.75) is 41.5 Å². The van der Waals surface area contributed by atoms with Crippen LogP contribution in [-0.4, -0.2) is 0 Å². The zero-order valence-electron chi connectivity index (χ0n) is 14.7. The smallest absolute Gasteiger partial charge is 1.00 e. The Hall–Kier alpha value is -0.947. The van der Waals surface area contributed by atoms with E-state index in [0.717, 1.165) is 0 Å². The van der Waals surface area contributed by atoms with E-state index in [1.807, 2.05) is 0 Å². The van der Waals surface area contributed by atoms with E-state index in [9.17, 15) is 0 Å². The minimum absolute atomic E-state index is 0. The van der Waals surface area contributed by atoms with Crippen molar-refractivity contribution in [1.82, 2.24) is 0 Å². The molecular formula is C20H24F2Zr. The molecule has 0 amide bonds. The van der Waals surface area contributed by atoms with E-state index in [4.69, 9.17) is 0 Å². The Morgan fingerprint density at radius 2 is 1.52 bits per heavy atom. The molecule has 0 N–H and O–H groups in total. The maximum Gasteiger partial charge on any atom is 4.00 e. The van der Waals surface area contributed by atoms with Gasteiger partial charge in [0.2, 0.25) is 0 Å². The summed E-state index contributed by atoms with van der Waals surface area (Å²) in [7, 11) is 0. The molecule has 0 fully saturated rings. The van der Waals surface area contributed by atoms with Gasteiger partial charge in [-0.15, -0.1) is 47.5 Å². The Morgan fingerprint density at radius 3 is 1.91 bits per heavy atom. The summed E-state index contributed by atoms with van der Waals surface area (Å²) in [4.78, 5) is 0. The second-order valence-electron chi connectivity index (χ2n) is 6.29. The molecule has 0 heterocycles. The quantitative estimate of drug-likeness (QED) is 0.552. The van der Waals surface area contributed by atoms with Gasteiger partial charge in [0.05, 0.1) is 0 Å². The van der Waals surface area contributed by atoms with Gasteiger partial charge in [0, 0.05) is 0 Å². The third-order valence-corrected chi connectivity index (χ3v) is 4.32. The molecule has 0 unspecified atom stereocenters. The Morgan fingerprint density at radius 1 is 0.957 bits per heavy atom. The zero-order valence-corrected chi connectivity index (χ0v) is 17.2. The number of hydrogen-bond acceptors (Lipinski definition) is 0. The summed E-state index contributed by atoms with van der Waals surface area (Å²) in [6.07, 6.45) is 3.44. The molecule has 122 valence electrons. The summed E-state index contributed by atoms with van der Waals surface area (Å²) in [6, 6.07) is 12.8. The van der Waals surface area contributed by atoms with E-state index < -0.39 is 0 Å². The molecule has 2 aromatic carbocycles. The zero-order chi connectivity index (χ0) is 14.9. The second-order valence-corrected chi connectivity index (χ2v) is 6.29. The van der Waals surface area contributed by atoms with Crippen LogP contribution in [-0.2, 0) is 26.2 Å². The molecule has 0 aliphatic heterocycles. The van der Waals surface area contributed by atoms with Gasteiger partial charge in [-0.05, 0) is 0 Å². The first-order chi connectivity index (χ1) is 9.31. The summed E-state index contributed by atoms with van der Waals surface area (Å²) >= 11 is 0. The summed E-state index contributed by atoms with van der Waals surface area (Å²) < 4.78 is 0. The van der Waals surface area contributed by atoms with Crippen molar-refractivity contribution in [3.05, 3.63) is 64.8 Å². The van der Waals surface area contributed by atoms with Crippen molar-refractivity contribution in [1.29, 1.82) is 0 Å². The first-order valence-corrected chi connectivity index (χ1v) is 7.23. The molecule has 0 saturated heterocycles. The Balaban J connectivity index is 0. The van der Waals surface area contributed by atoms with Crippen molar-refractivity contribution < 1.29 is 35.6 Å². The minimum atomic E-state index is 0. The predicted molar refractivity (Wildman–Crippen MR) is 88.9 cm³/mol. The van der Waals surface area contributed by atoms with Crippen LogP contribution in [0.5, 0.6) is 0 Å². The molecule has 0 radical (unpaired) electrons. The van der Waals surface area contributed by atoms with Crippen LogP contribution in [0.2, 0.25) is 0 Å². The van der Waals surface area contributed by atoms with Gasteiger partial charge < -0.3 is 9.41 Å². The second kappa shape index (κ2) is 9.37. The van der Waals surface area contributed by atoms with Crippen LogP contribution in [0.1, 0.15) is 40.2 Å². The van der Waals surface area contributed by atoms with Crippen LogP contribution in [0.15, 0.2) is 53.1 Å². The molecule has 0 nitrogen and oxygen atoms in total. The van der Waals surface area contributed by atoms with Crippen LogP contribution >= 0.6 is 0 Å². The molecule has 2 aromatic rings. The third kappa shape index (κ3) is 5.57. The molecule has 3 heteroatoms. The topological polar surface area (TPSA) is 0 Å². The fourth-order valence-corrected chi connectivity index (χ4v) is 2.71. The van der Waals surface area contributed by atoms with Crippen molar-refractivity contribution in [2.75, 3.05) is 0 Å². The average molecular weight is 394 g/mol. The Kier molecular flexibility index (Phi) is 9.91. The predicted octanol–water partition coefficient (Wildman–Crippen LogP) is -0.0153. The number of hydrogen-bond donors (Lipinski definition) is 0. The monoisotopic (exact) mass is 392 g/mol. The molecule has 23 heavy (non-hydrogen) atoms. The summed E-state index contributed by atoms with van der Waals surface area (Å²) in [5, 5.41) is 2.69. The van der Waals surface area contributed by atoms with Crippen LogP contribution in [0.3, 0.4) is 0 Å². The molecule has 1 aliphatic carbocycles. The first-order valence-electron chi connectivity index (χ1n) is 7.23. The maximum atomic E-state index is 3.44. The van der Waals surface area contributed by atoms with E-state index in [0.29, 0.717) is 0 Å².